The Morgan fingerprint density at radius 1 is 1.29 bits per heavy atom. The molecule has 21 heavy (non-hydrogen) atoms. The summed E-state index contributed by atoms with van der Waals surface area (Å²) >= 11 is 0. The molecule has 1 fully saturated rings. The summed E-state index contributed by atoms with van der Waals surface area (Å²) in [5, 5.41) is 7.79. The van der Waals surface area contributed by atoms with E-state index in [9.17, 15) is 4.79 Å². The van der Waals surface area contributed by atoms with Crippen LogP contribution in [0.1, 0.15) is 42.4 Å². The Morgan fingerprint density at radius 2 is 2.10 bits per heavy atom. The first-order valence-electron chi connectivity index (χ1n) is 7.24. The molecule has 5 nitrogen and oxygen atoms in total. The molecule has 0 unspecified atom stereocenters. The molecule has 1 aliphatic rings. The van der Waals surface area contributed by atoms with Crippen molar-refractivity contribution in [3.8, 4) is 11.5 Å². The number of esters is 1. The Labute approximate surface area is 123 Å². The largest absolute Gasteiger partial charge is 0.459 e. The second kappa shape index (κ2) is 5.68. The first-order valence-corrected chi connectivity index (χ1v) is 7.24. The quantitative estimate of drug-likeness (QED) is 0.809. The van der Waals surface area contributed by atoms with Gasteiger partial charge in [0.25, 0.3) is 0 Å². The molecule has 0 N–H and O–H groups in total. The Morgan fingerprint density at radius 3 is 2.76 bits per heavy atom. The van der Waals surface area contributed by atoms with Gasteiger partial charge in [0.1, 0.15) is 6.10 Å². The van der Waals surface area contributed by atoms with Crippen molar-refractivity contribution in [1.29, 1.82) is 0 Å². The van der Waals surface area contributed by atoms with Crippen LogP contribution in [0.5, 0.6) is 0 Å². The van der Waals surface area contributed by atoms with E-state index < -0.39 is 0 Å². The molecule has 1 aromatic carbocycles. The van der Waals surface area contributed by atoms with Gasteiger partial charge < -0.3 is 9.15 Å². The number of carbonyl (C=O) groups is 1. The maximum absolute atomic E-state index is 12.4. The molecule has 5 heteroatoms. The number of benzene rings is 1. The van der Waals surface area contributed by atoms with Gasteiger partial charge in [0, 0.05) is 6.92 Å². The van der Waals surface area contributed by atoms with Crippen molar-refractivity contribution in [2.45, 2.75) is 39.2 Å². The van der Waals surface area contributed by atoms with Gasteiger partial charge in [-0.1, -0.05) is 19.1 Å². The maximum atomic E-state index is 12.4. The standard InChI is InChI=1S/C16H18N2O3/c1-10-7-8-12(9-10)21-16(19)14-6-4-3-5-13(14)15-18-17-11(2)20-15/h3-6,10,12H,7-9H2,1-2H3/t10-,12-/m1/s1. The molecule has 3 rings (SSSR count). The molecule has 1 saturated carbocycles. The second-order valence-electron chi connectivity index (χ2n) is 5.62. The van der Waals surface area contributed by atoms with Crippen LogP contribution in [0.25, 0.3) is 11.5 Å². The topological polar surface area (TPSA) is 65.2 Å². The third-order valence-corrected chi connectivity index (χ3v) is 3.82. The van der Waals surface area contributed by atoms with E-state index in [1.807, 2.05) is 6.07 Å². The van der Waals surface area contributed by atoms with Crippen LogP contribution in [0.15, 0.2) is 28.7 Å². The maximum Gasteiger partial charge on any atom is 0.339 e. The first-order chi connectivity index (χ1) is 10.1. The van der Waals surface area contributed by atoms with Crippen LogP contribution in [0.3, 0.4) is 0 Å². The van der Waals surface area contributed by atoms with Gasteiger partial charge in [-0.25, -0.2) is 4.79 Å². The van der Waals surface area contributed by atoms with Gasteiger partial charge in [0.05, 0.1) is 11.1 Å². The number of aryl methyl sites for hydroxylation is 1. The number of aromatic nitrogens is 2. The van der Waals surface area contributed by atoms with Gasteiger partial charge in [-0.05, 0) is 37.3 Å². The van der Waals surface area contributed by atoms with Gasteiger partial charge in [0.2, 0.25) is 11.8 Å². The zero-order chi connectivity index (χ0) is 14.8. The summed E-state index contributed by atoms with van der Waals surface area (Å²) in [5.74, 6) is 1.12. The first kappa shape index (κ1) is 13.8. The van der Waals surface area contributed by atoms with Crippen molar-refractivity contribution < 1.29 is 13.9 Å². The molecule has 1 aromatic heterocycles. The van der Waals surface area contributed by atoms with E-state index in [2.05, 4.69) is 17.1 Å². The third kappa shape index (κ3) is 2.96. The SMILES string of the molecule is Cc1nnc(-c2ccccc2C(=O)O[C@@H]2CC[C@@H](C)C2)o1. The molecule has 2 atom stereocenters. The lowest BCUT2D eigenvalue weighted by atomic mass is 10.1. The van der Waals surface area contributed by atoms with E-state index in [4.69, 9.17) is 9.15 Å². The molecule has 0 radical (unpaired) electrons. The molecule has 0 aliphatic heterocycles. The number of carbonyl (C=O) groups excluding carboxylic acids is 1. The number of ether oxygens (including phenoxy) is 1. The van der Waals surface area contributed by atoms with Gasteiger partial charge in [0.15, 0.2) is 0 Å². The lowest BCUT2D eigenvalue weighted by Gasteiger charge is -2.13. The van der Waals surface area contributed by atoms with Gasteiger partial charge in [-0.2, -0.15) is 0 Å². The molecule has 0 spiro atoms. The van der Waals surface area contributed by atoms with Crippen LogP contribution in [-0.2, 0) is 4.74 Å². The summed E-state index contributed by atoms with van der Waals surface area (Å²) < 4.78 is 11.0. The summed E-state index contributed by atoms with van der Waals surface area (Å²) in [6.45, 7) is 3.90. The fourth-order valence-electron chi connectivity index (χ4n) is 2.73. The molecule has 0 amide bonds. The van der Waals surface area contributed by atoms with Crippen LogP contribution in [-0.4, -0.2) is 22.3 Å². The lowest BCUT2D eigenvalue weighted by Crippen LogP contribution is -2.16. The van der Waals surface area contributed by atoms with Crippen LogP contribution in [0.2, 0.25) is 0 Å². The zero-order valence-corrected chi connectivity index (χ0v) is 12.2. The molecule has 0 bridgehead atoms. The predicted molar refractivity (Wildman–Crippen MR) is 76.7 cm³/mol. The van der Waals surface area contributed by atoms with E-state index in [1.54, 1.807) is 25.1 Å². The van der Waals surface area contributed by atoms with Crippen LogP contribution in [0.4, 0.5) is 0 Å². The van der Waals surface area contributed by atoms with E-state index in [-0.39, 0.29) is 12.1 Å². The van der Waals surface area contributed by atoms with Gasteiger partial charge in [-0.3, -0.25) is 0 Å². The van der Waals surface area contributed by atoms with Crippen LogP contribution >= 0.6 is 0 Å². The minimum Gasteiger partial charge on any atom is -0.459 e. The van der Waals surface area contributed by atoms with E-state index >= 15 is 0 Å². The summed E-state index contributed by atoms with van der Waals surface area (Å²) in [4.78, 5) is 12.4. The van der Waals surface area contributed by atoms with Crippen molar-refractivity contribution >= 4 is 5.97 Å². The number of hydrogen-bond donors (Lipinski definition) is 0. The summed E-state index contributed by atoms with van der Waals surface area (Å²) in [6, 6.07) is 7.17. The average Bonchev–Trinajstić information content (AvgIpc) is 3.07. The van der Waals surface area contributed by atoms with Gasteiger partial charge in [-0.15, -0.1) is 10.2 Å². The van der Waals surface area contributed by atoms with E-state index in [0.29, 0.717) is 28.8 Å². The third-order valence-electron chi connectivity index (χ3n) is 3.82. The second-order valence-corrected chi connectivity index (χ2v) is 5.62. The smallest absolute Gasteiger partial charge is 0.339 e. The number of rotatable bonds is 3. The Hall–Kier alpha value is -2.17. The van der Waals surface area contributed by atoms with Crippen LogP contribution < -0.4 is 0 Å². The highest BCUT2D eigenvalue weighted by Gasteiger charge is 2.26. The monoisotopic (exact) mass is 286 g/mol. The highest BCUT2D eigenvalue weighted by Crippen LogP contribution is 2.29. The number of nitrogens with zero attached hydrogens (tertiary/aromatic N) is 2. The van der Waals surface area contributed by atoms with Gasteiger partial charge >= 0.3 is 5.97 Å². The molecular formula is C16H18N2O3. The summed E-state index contributed by atoms with van der Waals surface area (Å²) in [7, 11) is 0. The highest BCUT2D eigenvalue weighted by atomic mass is 16.5. The van der Waals surface area contributed by atoms with E-state index in [1.165, 1.54) is 0 Å². The Balaban J connectivity index is 1.83. The molecule has 1 heterocycles. The minimum absolute atomic E-state index is 0.0185. The molecule has 110 valence electrons. The summed E-state index contributed by atoms with van der Waals surface area (Å²) in [6.07, 6.45) is 3.01. The normalized spacial score (nSPS) is 21.4. The van der Waals surface area contributed by atoms with Crippen molar-refractivity contribution in [2.24, 2.45) is 5.92 Å². The van der Waals surface area contributed by atoms with Crippen LogP contribution in [0, 0.1) is 12.8 Å². The lowest BCUT2D eigenvalue weighted by molar-refractivity contribution is 0.0311. The Bertz CT molecular complexity index is 650. The number of hydrogen-bond acceptors (Lipinski definition) is 5. The van der Waals surface area contributed by atoms with E-state index in [0.717, 1.165) is 19.3 Å². The fraction of sp³-hybridized carbons (Fsp3) is 0.438. The summed E-state index contributed by atoms with van der Waals surface area (Å²) in [5.41, 5.74) is 1.09. The predicted octanol–water partition coefficient (Wildman–Crippen LogP) is 3.39. The zero-order valence-electron chi connectivity index (χ0n) is 12.2. The average molecular weight is 286 g/mol. The molecule has 0 saturated heterocycles. The highest BCUT2D eigenvalue weighted by molar-refractivity contribution is 5.96. The molecule has 1 aliphatic carbocycles. The van der Waals surface area contributed by atoms with Crippen molar-refractivity contribution in [3.05, 3.63) is 35.7 Å². The molecular weight excluding hydrogens is 268 g/mol. The Kier molecular flexibility index (Phi) is 3.73. The molecule has 2 aromatic rings. The minimum atomic E-state index is -0.319. The van der Waals surface area contributed by atoms with Crippen molar-refractivity contribution in [3.63, 3.8) is 0 Å². The van der Waals surface area contributed by atoms with Crippen molar-refractivity contribution in [2.75, 3.05) is 0 Å². The van der Waals surface area contributed by atoms with Crippen molar-refractivity contribution in [1.82, 2.24) is 10.2 Å². The fourth-order valence-corrected chi connectivity index (χ4v) is 2.73.